The van der Waals surface area contributed by atoms with Gasteiger partial charge in [0.2, 0.25) is 5.91 Å². The van der Waals surface area contributed by atoms with Gasteiger partial charge >= 0.3 is 0 Å². The third-order valence-corrected chi connectivity index (χ3v) is 6.35. The van der Waals surface area contributed by atoms with Crippen LogP contribution in [0, 0.1) is 5.92 Å². The zero-order valence-electron chi connectivity index (χ0n) is 18.5. The number of hydrogen-bond acceptors (Lipinski definition) is 3. The van der Waals surface area contributed by atoms with Crippen LogP contribution in [0.4, 0.5) is 0 Å². The van der Waals surface area contributed by atoms with E-state index in [-0.39, 0.29) is 12.0 Å². The quantitative estimate of drug-likeness (QED) is 0.555. The number of aliphatic imine (C=N–C) groups is 1. The van der Waals surface area contributed by atoms with Crippen molar-refractivity contribution < 1.29 is 4.79 Å². The first kappa shape index (κ1) is 21.4. The molecule has 4 rings (SSSR count). The summed E-state index contributed by atoms with van der Waals surface area (Å²) in [5.41, 5.74) is 2.34. The van der Waals surface area contributed by atoms with Gasteiger partial charge in [0.1, 0.15) is 0 Å². The van der Waals surface area contributed by atoms with Crippen molar-refractivity contribution in [3.63, 3.8) is 0 Å². The zero-order valence-corrected chi connectivity index (χ0v) is 18.5. The largest absolute Gasteiger partial charge is 0.352 e. The molecule has 2 aromatic rings. The number of aromatic nitrogens is 2. The second kappa shape index (κ2) is 10.5. The molecule has 7 nitrogen and oxygen atoms in total. The van der Waals surface area contributed by atoms with E-state index in [4.69, 9.17) is 0 Å². The van der Waals surface area contributed by atoms with Gasteiger partial charge in [-0.2, -0.15) is 5.10 Å². The molecule has 1 aromatic heterocycles. The summed E-state index contributed by atoms with van der Waals surface area (Å²) >= 11 is 0. The Morgan fingerprint density at radius 1 is 1.13 bits per heavy atom. The van der Waals surface area contributed by atoms with Crippen LogP contribution in [0.5, 0.6) is 0 Å². The molecule has 1 aromatic carbocycles. The fourth-order valence-electron chi connectivity index (χ4n) is 4.61. The molecule has 2 aliphatic rings. The first-order chi connectivity index (χ1) is 15.2. The van der Waals surface area contributed by atoms with Gasteiger partial charge in [-0.05, 0) is 24.8 Å². The van der Waals surface area contributed by atoms with Crippen LogP contribution in [0.1, 0.15) is 49.7 Å². The lowest BCUT2D eigenvalue weighted by Gasteiger charge is -2.26. The van der Waals surface area contributed by atoms with Crippen LogP contribution in [0.15, 0.2) is 47.7 Å². The summed E-state index contributed by atoms with van der Waals surface area (Å²) < 4.78 is 1.95. The van der Waals surface area contributed by atoms with Gasteiger partial charge in [-0.15, -0.1) is 0 Å². The summed E-state index contributed by atoms with van der Waals surface area (Å²) in [6, 6.07) is 10.6. The lowest BCUT2D eigenvalue weighted by molar-refractivity contribution is -0.135. The predicted octanol–water partition coefficient (Wildman–Crippen LogP) is 2.78. The van der Waals surface area contributed by atoms with Gasteiger partial charge in [0.15, 0.2) is 5.96 Å². The summed E-state index contributed by atoms with van der Waals surface area (Å²) in [7, 11) is 1.79. The molecule has 0 spiro atoms. The topological polar surface area (TPSA) is 74.6 Å². The standard InChI is InChI=1S/C24H34N6O/c1-25-24(26-14-20-15-27-30(17-20)16-19-8-4-2-5-9-19)28-22-12-13-29(18-22)23(31)21-10-6-3-7-11-21/h2,4-5,8-9,15,17,21-22H,3,6-7,10-14,16,18H2,1H3,(H2,25,26,28). The highest BCUT2D eigenvalue weighted by molar-refractivity contribution is 5.81. The van der Waals surface area contributed by atoms with E-state index in [1.807, 2.05) is 29.1 Å². The number of nitrogens with zero attached hydrogens (tertiary/aromatic N) is 4. The zero-order chi connectivity index (χ0) is 21.5. The lowest BCUT2D eigenvalue weighted by Crippen LogP contribution is -2.45. The molecule has 166 valence electrons. The Balaban J connectivity index is 1.23. The van der Waals surface area contributed by atoms with Crippen molar-refractivity contribution in [1.29, 1.82) is 0 Å². The molecule has 1 saturated heterocycles. The van der Waals surface area contributed by atoms with Crippen molar-refractivity contribution in [1.82, 2.24) is 25.3 Å². The number of benzene rings is 1. The van der Waals surface area contributed by atoms with Crippen molar-refractivity contribution in [2.75, 3.05) is 20.1 Å². The van der Waals surface area contributed by atoms with Crippen molar-refractivity contribution in [3.8, 4) is 0 Å². The smallest absolute Gasteiger partial charge is 0.225 e. The second-order valence-corrected chi connectivity index (χ2v) is 8.71. The molecular weight excluding hydrogens is 388 g/mol. The Hall–Kier alpha value is -2.83. The molecule has 2 heterocycles. The number of nitrogens with one attached hydrogen (secondary N) is 2. The SMILES string of the molecule is CN=C(NCc1cnn(Cc2ccccc2)c1)NC1CCN(C(=O)C2CCCCC2)C1. The van der Waals surface area contributed by atoms with Crippen molar-refractivity contribution >= 4 is 11.9 Å². The number of rotatable bonds is 6. The van der Waals surface area contributed by atoms with Crippen LogP contribution in [0.3, 0.4) is 0 Å². The van der Waals surface area contributed by atoms with E-state index in [9.17, 15) is 4.79 Å². The third kappa shape index (κ3) is 5.87. The maximum Gasteiger partial charge on any atom is 0.225 e. The van der Waals surface area contributed by atoms with E-state index in [0.717, 1.165) is 50.4 Å². The maximum absolute atomic E-state index is 12.8. The Labute approximate surface area is 184 Å². The number of hydrogen-bond donors (Lipinski definition) is 2. The van der Waals surface area contributed by atoms with E-state index in [1.165, 1.54) is 24.8 Å². The van der Waals surface area contributed by atoms with Gasteiger partial charge < -0.3 is 15.5 Å². The van der Waals surface area contributed by atoms with Crippen LogP contribution in [-0.2, 0) is 17.9 Å². The van der Waals surface area contributed by atoms with E-state index in [2.05, 4.69) is 44.0 Å². The summed E-state index contributed by atoms with van der Waals surface area (Å²) in [4.78, 5) is 19.2. The molecule has 2 fully saturated rings. The minimum absolute atomic E-state index is 0.248. The normalized spacial score (nSPS) is 20.1. The first-order valence-electron chi connectivity index (χ1n) is 11.5. The van der Waals surface area contributed by atoms with E-state index in [0.29, 0.717) is 12.5 Å². The number of amides is 1. The van der Waals surface area contributed by atoms with Gasteiger partial charge in [-0.25, -0.2) is 0 Å². The monoisotopic (exact) mass is 422 g/mol. The molecule has 1 aliphatic heterocycles. The summed E-state index contributed by atoms with van der Waals surface area (Å²) in [6.45, 7) is 3.04. The van der Waals surface area contributed by atoms with Crippen molar-refractivity contribution in [3.05, 3.63) is 53.9 Å². The van der Waals surface area contributed by atoms with Crippen LogP contribution in [0.2, 0.25) is 0 Å². The molecule has 1 unspecified atom stereocenters. The minimum atomic E-state index is 0.248. The van der Waals surface area contributed by atoms with Crippen LogP contribution in [-0.4, -0.2) is 52.7 Å². The van der Waals surface area contributed by atoms with Crippen molar-refractivity contribution in [2.45, 2.75) is 57.7 Å². The Bertz CT molecular complexity index is 871. The molecule has 1 atom stereocenters. The second-order valence-electron chi connectivity index (χ2n) is 8.71. The highest BCUT2D eigenvalue weighted by Crippen LogP contribution is 2.26. The number of carbonyl (C=O) groups is 1. The molecule has 2 N–H and O–H groups in total. The molecular formula is C24H34N6O. The number of carbonyl (C=O) groups excluding carboxylic acids is 1. The fourth-order valence-corrected chi connectivity index (χ4v) is 4.61. The molecule has 0 radical (unpaired) electrons. The summed E-state index contributed by atoms with van der Waals surface area (Å²) in [6.07, 6.45) is 10.7. The van der Waals surface area contributed by atoms with Crippen LogP contribution in [0.25, 0.3) is 0 Å². The fraction of sp³-hybridized carbons (Fsp3) is 0.542. The molecule has 1 aliphatic carbocycles. The summed E-state index contributed by atoms with van der Waals surface area (Å²) in [5.74, 6) is 1.38. The first-order valence-corrected chi connectivity index (χ1v) is 11.5. The van der Waals surface area contributed by atoms with Crippen LogP contribution >= 0.6 is 0 Å². The van der Waals surface area contributed by atoms with Gasteiger partial charge in [0.25, 0.3) is 0 Å². The van der Waals surface area contributed by atoms with Gasteiger partial charge in [-0.1, -0.05) is 49.6 Å². The van der Waals surface area contributed by atoms with Crippen LogP contribution < -0.4 is 10.6 Å². The molecule has 1 amide bonds. The Morgan fingerprint density at radius 2 is 1.94 bits per heavy atom. The van der Waals surface area contributed by atoms with E-state index >= 15 is 0 Å². The van der Waals surface area contributed by atoms with Gasteiger partial charge in [0.05, 0.1) is 12.7 Å². The van der Waals surface area contributed by atoms with Gasteiger partial charge in [-0.3, -0.25) is 14.5 Å². The minimum Gasteiger partial charge on any atom is -0.352 e. The number of likely N-dealkylation sites (tertiary alicyclic amines) is 1. The molecule has 1 saturated carbocycles. The molecule has 0 bridgehead atoms. The predicted molar refractivity (Wildman–Crippen MR) is 123 cm³/mol. The lowest BCUT2D eigenvalue weighted by atomic mass is 9.88. The Kier molecular flexibility index (Phi) is 7.22. The maximum atomic E-state index is 12.8. The van der Waals surface area contributed by atoms with E-state index in [1.54, 1.807) is 7.05 Å². The van der Waals surface area contributed by atoms with Gasteiger partial charge in [0, 0.05) is 50.4 Å². The average Bonchev–Trinajstić information content (AvgIpc) is 3.47. The highest BCUT2D eigenvalue weighted by Gasteiger charge is 2.31. The molecule has 7 heteroatoms. The van der Waals surface area contributed by atoms with E-state index < -0.39 is 0 Å². The molecule has 31 heavy (non-hydrogen) atoms. The summed E-state index contributed by atoms with van der Waals surface area (Å²) in [5, 5.41) is 11.3. The Morgan fingerprint density at radius 3 is 2.71 bits per heavy atom. The highest BCUT2D eigenvalue weighted by atomic mass is 16.2. The number of guanidine groups is 1. The average molecular weight is 423 g/mol. The third-order valence-electron chi connectivity index (χ3n) is 6.35. The van der Waals surface area contributed by atoms with Crippen molar-refractivity contribution in [2.24, 2.45) is 10.9 Å².